The van der Waals surface area contributed by atoms with Crippen LogP contribution in [0, 0.1) is 6.92 Å². The molecule has 6 heteroatoms. The van der Waals surface area contributed by atoms with Gasteiger partial charge in [-0.3, -0.25) is 14.3 Å². The van der Waals surface area contributed by atoms with Gasteiger partial charge in [0.15, 0.2) is 0 Å². The molecular formula is C19H20N2O4. The van der Waals surface area contributed by atoms with E-state index in [1.54, 1.807) is 13.0 Å². The summed E-state index contributed by atoms with van der Waals surface area (Å²) < 4.78 is 6.61. The van der Waals surface area contributed by atoms with Gasteiger partial charge in [-0.2, -0.15) is 0 Å². The van der Waals surface area contributed by atoms with Gasteiger partial charge in [-0.15, -0.1) is 0 Å². The average molecular weight is 340 g/mol. The molecule has 0 amide bonds. The second-order valence-electron chi connectivity index (χ2n) is 5.79. The van der Waals surface area contributed by atoms with Crippen LogP contribution in [0.2, 0.25) is 0 Å². The van der Waals surface area contributed by atoms with Crippen LogP contribution < -0.4 is 11.2 Å². The number of H-pyrrole nitrogens is 1. The van der Waals surface area contributed by atoms with Crippen LogP contribution in [-0.2, 0) is 11.5 Å². The Morgan fingerprint density at radius 2 is 1.88 bits per heavy atom. The Bertz CT molecular complexity index is 1010. The number of benzene rings is 2. The van der Waals surface area contributed by atoms with Crippen molar-refractivity contribution < 1.29 is 9.84 Å². The third-order valence-corrected chi connectivity index (χ3v) is 4.28. The molecule has 1 aromatic heterocycles. The lowest BCUT2D eigenvalue weighted by molar-refractivity contribution is 0.0755. The van der Waals surface area contributed by atoms with E-state index < -0.39 is 17.4 Å². The summed E-state index contributed by atoms with van der Waals surface area (Å²) in [4.78, 5) is 26.6. The van der Waals surface area contributed by atoms with Crippen molar-refractivity contribution in [2.45, 2.75) is 26.7 Å². The van der Waals surface area contributed by atoms with Crippen LogP contribution in [-0.4, -0.2) is 21.3 Å². The lowest BCUT2D eigenvalue weighted by Crippen LogP contribution is -2.36. The highest BCUT2D eigenvalue weighted by molar-refractivity contribution is 5.86. The summed E-state index contributed by atoms with van der Waals surface area (Å²) in [7, 11) is 0. The molecule has 0 aliphatic heterocycles. The van der Waals surface area contributed by atoms with Crippen molar-refractivity contribution in [2.24, 2.45) is 0 Å². The van der Waals surface area contributed by atoms with E-state index in [1.807, 2.05) is 43.3 Å². The van der Waals surface area contributed by atoms with Crippen LogP contribution in [0.25, 0.3) is 10.8 Å². The van der Waals surface area contributed by atoms with Crippen LogP contribution >= 0.6 is 0 Å². The molecule has 1 heterocycles. The predicted octanol–water partition coefficient (Wildman–Crippen LogP) is 2.07. The number of rotatable bonds is 5. The fourth-order valence-corrected chi connectivity index (χ4v) is 2.99. The highest BCUT2D eigenvalue weighted by atomic mass is 16.5. The SMILES string of the molecule is CCOCn1c(C(O)c2cccc3ccccc23)c(C)c(=O)[nH]c1=O. The molecular weight excluding hydrogens is 320 g/mol. The van der Waals surface area contributed by atoms with Crippen molar-refractivity contribution in [1.82, 2.24) is 9.55 Å². The van der Waals surface area contributed by atoms with Gasteiger partial charge in [0.05, 0.1) is 5.69 Å². The van der Waals surface area contributed by atoms with Gasteiger partial charge in [-0.25, -0.2) is 4.79 Å². The van der Waals surface area contributed by atoms with Crippen molar-refractivity contribution in [1.29, 1.82) is 0 Å². The summed E-state index contributed by atoms with van der Waals surface area (Å²) in [5, 5.41) is 12.9. The number of nitrogens with zero attached hydrogens (tertiary/aromatic N) is 1. The van der Waals surface area contributed by atoms with Gasteiger partial charge in [-0.1, -0.05) is 42.5 Å². The fourth-order valence-electron chi connectivity index (χ4n) is 2.99. The summed E-state index contributed by atoms with van der Waals surface area (Å²) >= 11 is 0. The minimum atomic E-state index is -1.12. The molecule has 130 valence electrons. The van der Waals surface area contributed by atoms with Crippen molar-refractivity contribution in [2.75, 3.05) is 6.61 Å². The Labute approximate surface area is 144 Å². The van der Waals surface area contributed by atoms with E-state index in [1.165, 1.54) is 4.57 Å². The van der Waals surface area contributed by atoms with Crippen molar-refractivity contribution in [3.63, 3.8) is 0 Å². The first-order valence-electron chi connectivity index (χ1n) is 8.11. The van der Waals surface area contributed by atoms with Gasteiger partial charge in [-0.05, 0) is 30.2 Å². The molecule has 0 aliphatic rings. The van der Waals surface area contributed by atoms with E-state index in [4.69, 9.17) is 4.74 Å². The standard InChI is InChI=1S/C19H20N2O4/c1-3-25-11-21-16(12(2)18(23)20-19(21)24)17(22)15-10-6-8-13-7-4-5-9-14(13)15/h4-10,17,22H,3,11H2,1-2H3,(H,20,23,24). The van der Waals surface area contributed by atoms with Gasteiger partial charge < -0.3 is 9.84 Å². The van der Waals surface area contributed by atoms with Gasteiger partial charge in [0.25, 0.3) is 5.56 Å². The molecule has 25 heavy (non-hydrogen) atoms. The Morgan fingerprint density at radius 1 is 1.16 bits per heavy atom. The highest BCUT2D eigenvalue weighted by Gasteiger charge is 2.22. The van der Waals surface area contributed by atoms with Gasteiger partial charge in [0.1, 0.15) is 12.8 Å². The maximum absolute atomic E-state index is 12.2. The normalized spacial score (nSPS) is 12.4. The van der Waals surface area contributed by atoms with Crippen LogP contribution in [0.5, 0.6) is 0 Å². The number of hydrogen-bond acceptors (Lipinski definition) is 4. The Morgan fingerprint density at radius 3 is 2.64 bits per heavy atom. The molecule has 0 radical (unpaired) electrons. The van der Waals surface area contributed by atoms with E-state index in [-0.39, 0.29) is 12.4 Å². The number of aromatic amines is 1. The van der Waals surface area contributed by atoms with E-state index in [2.05, 4.69) is 4.98 Å². The average Bonchev–Trinajstić information content (AvgIpc) is 2.62. The fraction of sp³-hybridized carbons (Fsp3) is 0.263. The minimum absolute atomic E-state index is 0.0376. The molecule has 3 aromatic rings. The monoisotopic (exact) mass is 340 g/mol. The lowest BCUT2D eigenvalue weighted by Gasteiger charge is -2.20. The number of nitrogens with one attached hydrogen (secondary N) is 1. The second kappa shape index (κ2) is 7.04. The smallest absolute Gasteiger partial charge is 0.330 e. The first-order valence-corrected chi connectivity index (χ1v) is 8.11. The predicted molar refractivity (Wildman–Crippen MR) is 95.7 cm³/mol. The first kappa shape index (κ1) is 17.1. The largest absolute Gasteiger partial charge is 0.382 e. The number of aliphatic hydroxyl groups excluding tert-OH is 1. The molecule has 0 saturated carbocycles. The number of aromatic nitrogens is 2. The van der Waals surface area contributed by atoms with Gasteiger partial charge >= 0.3 is 5.69 Å². The summed E-state index contributed by atoms with van der Waals surface area (Å²) in [5.74, 6) is 0. The zero-order valence-corrected chi connectivity index (χ0v) is 14.2. The zero-order valence-electron chi connectivity index (χ0n) is 14.2. The van der Waals surface area contributed by atoms with E-state index in [0.717, 1.165) is 10.8 Å². The second-order valence-corrected chi connectivity index (χ2v) is 5.79. The Kier molecular flexibility index (Phi) is 4.83. The van der Waals surface area contributed by atoms with Crippen molar-refractivity contribution >= 4 is 10.8 Å². The van der Waals surface area contributed by atoms with Gasteiger partial charge in [0.2, 0.25) is 0 Å². The number of aliphatic hydroxyl groups is 1. The molecule has 0 spiro atoms. The Balaban J connectivity index is 2.24. The van der Waals surface area contributed by atoms with Crippen LogP contribution in [0.4, 0.5) is 0 Å². The maximum atomic E-state index is 12.2. The van der Waals surface area contributed by atoms with E-state index in [9.17, 15) is 14.7 Å². The number of ether oxygens (including phenoxy) is 1. The third-order valence-electron chi connectivity index (χ3n) is 4.28. The van der Waals surface area contributed by atoms with Crippen molar-refractivity contribution in [3.05, 3.63) is 80.1 Å². The minimum Gasteiger partial charge on any atom is -0.382 e. The molecule has 0 bridgehead atoms. The molecule has 0 fully saturated rings. The van der Waals surface area contributed by atoms with Crippen LogP contribution in [0.15, 0.2) is 52.1 Å². The first-order chi connectivity index (χ1) is 12.0. The molecule has 2 aromatic carbocycles. The molecule has 3 rings (SSSR count). The zero-order chi connectivity index (χ0) is 18.0. The van der Waals surface area contributed by atoms with Crippen LogP contribution in [0.3, 0.4) is 0 Å². The molecule has 6 nitrogen and oxygen atoms in total. The summed E-state index contributed by atoms with van der Waals surface area (Å²) in [6, 6.07) is 13.2. The summed E-state index contributed by atoms with van der Waals surface area (Å²) in [6.45, 7) is 3.77. The van der Waals surface area contributed by atoms with Crippen LogP contribution in [0.1, 0.15) is 29.8 Å². The molecule has 0 saturated heterocycles. The topological polar surface area (TPSA) is 84.3 Å². The molecule has 1 atom stereocenters. The highest BCUT2D eigenvalue weighted by Crippen LogP contribution is 2.29. The molecule has 2 N–H and O–H groups in total. The van der Waals surface area contributed by atoms with Crippen molar-refractivity contribution in [3.8, 4) is 0 Å². The lowest BCUT2D eigenvalue weighted by atomic mass is 9.97. The number of fused-ring (bicyclic) bond motifs is 1. The molecule has 1 unspecified atom stereocenters. The maximum Gasteiger partial charge on any atom is 0.330 e. The molecule has 0 aliphatic carbocycles. The van der Waals surface area contributed by atoms with E-state index in [0.29, 0.717) is 17.7 Å². The quantitative estimate of drug-likeness (QED) is 0.745. The summed E-state index contributed by atoms with van der Waals surface area (Å²) in [5.41, 5.74) is 0.0695. The number of hydrogen-bond donors (Lipinski definition) is 2. The summed E-state index contributed by atoms with van der Waals surface area (Å²) in [6.07, 6.45) is -1.12. The Hall–Kier alpha value is -2.70. The van der Waals surface area contributed by atoms with Gasteiger partial charge in [0, 0.05) is 12.2 Å². The van der Waals surface area contributed by atoms with E-state index >= 15 is 0 Å². The third kappa shape index (κ3) is 3.14.